The molecule has 1 saturated heterocycles. The van der Waals surface area contributed by atoms with Gasteiger partial charge in [0, 0.05) is 38.3 Å². The Bertz CT molecular complexity index is 615. The number of amides is 3. The summed E-state index contributed by atoms with van der Waals surface area (Å²) >= 11 is 0. The van der Waals surface area contributed by atoms with Gasteiger partial charge >= 0.3 is 17.8 Å². The molecule has 0 unspecified atom stereocenters. The summed E-state index contributed by atoms with van der Waals surface area (Å²) in [5.41, 5.74) is 0. The summed E-state index contributed by atoms with van der Waals surface area (Å²) < 4.78 is 0. The van der Waals surface area contributed by atoms with Crippen LogP contribution in [0.1, 0.15) is 32.6 Å². The zero-order valence-corrected chi connectivity index (χ0v) is 15.7. The lowest BCUT2D eigenvalue weighted by Gasteiger charge is -2.43. The van der Waals surface area contributed by atoms with Crippen LogP contribution < -0.4 is 5.32 Å². The van der Waals surface area contributed by atoms with E-state index in [9.17, 15) is 19.2 Å². The Morgan fingerprint density at radius 1 is 1.15 bits per heavy atom. The molecular formula is C18H28N4O5. The van der Waals surface area contributed by atoms with E-state index in [1.807, 2.05) is 11.8 Å². The fraction of sp³-hybridized carbons (Fsp3) is 0.778. The topological polar surface area (TPSA) is 110 Å². The molecule has 0 atom stereocenters. The van der Waals surface area contributed by atoms with E-state index in [2.05, 4.69) is 5.32 Å². The third-order valence-electron chi connectivity index (χ3n) is 5.64. The number of hydrogen-bond donors (Lipinski definition) is 2. The van der Waals surface area contributed by atoms with Gasteiger partial charge in [-0.05, 0) is 38.5 Å². The molecule has 150 valence electrons. The first-order valence-electron chi connectivity index (χ1n) is 9.70. The van der Waals surface area contributed by atoms with Crippen LogP contribution in [0, 0.1) is 5.92 Å². The van der Waals surface area contributed by atoms with E-state index < -0.39 is 17.8 Å². The van der Waals surface area contributed by atoms with Crippen LogP contribution >= 0.6 is 0 Å². The number of carboxylic acids is 1. The molecule has 2 saturated carbocycles. The molecule has 2 N–H and O–H groups in total. The van der Waals surface area contributed by atoms with Crippen molar-refractivity contribution in [3.8, 4) is 0 Å². The Morgan fingerprint density at radius 2 is 1.78 bits per heavy atom. The summed E-state index contributed by atoms with van der Waals surface area (Å²) in [4.78, 5) is 52.0. The van der Waals surface area contributed by atoms with E-state index in [1.54, 1.807) is 0 Å². The molecule has 0 aromatic carbocycles. The van der Waals surface area contributed by atoms with Crippen LogP contribution in [0.3, 0.4) is 0 Å². The van der Waals surface area contributed by atoms with Crippen molar-refractivity contribution < 1.29 is 24.3 Å². The second-order valence-electron chi connectivity index (χ2n) is 7.77. The average Bonchev–Trinajstić information content (AvgIpc) is 3.38. The first kappa shape index (κ1) is 19.6. The van der Waals surface area contributed by atoms with Gasteiger partial charge in [0.05, 0.1) is 6.54 Å². The number of piperazine rings is 1. The molecule has 3 fully saturated rings. The van der Waals surface area contributed by atoms with E-state index in [-0.39, 0.29) is 31.1 Å². The van der Waals surface area contributed by atoms with Gasteiger partial charge in [-0.3, -0.25) is 24.1 Å². The first-order valence-corrected chi connectivity index (χ1v) is 9.70. The SMILES string of the molecule is CCN1CCN(CC(=O)NC2CC(N(CC(=O)O)CC3CC3)C2)C(=O)C1=O. The Labute approximate surface area is 158 Å². The largest absolute Gasteiger partial charge is 0.480 e. The van der Waals surface area contributed by atoms with Gasteiger partial charge in [0.25, 0.3) is 0 Å². The van der Waals surface area contributed by atoms with Gasteiger partial charge < -0.3 is 20.2 Å². The molecule has 3 rings (SSSR count). The molecule has 1 heterocycles. The number of carbonyl (C=O) groups excluding carboxylic acids is 3. The van der Waals surface area contributed by atoms with Crippen LogP contribution in [-0.2, 0) is 19.2 Å². The van der Waals surface area contributed by atoms with Crippen LogP contribution in [0.5, 0.6) is 0 Å². The number of likely N-dealkylation sites (N-methyl/N-ethyl adjacent to an activating group) is 1. The Balaban J connectivity index is 1.41. The Morgan fingerprint density at radius 3 is 2.37 bits per heavy atom. The Kier molecular flexibility index (Phi) is 5.98. The molecule has 3 aliphatic rings. The molecule has 0 aromatic rings. The smallest absolute Gasteiger partial charge is 0.317 e. The molecule has 9 nitrogen and oxygen atoms in total. The molecule has 0 spiro atoms. The highest BCUT2D eigenvalue weighted by atomic mass is 16.4. The van der Waals surface area contributed by atoms with E-state index in [0.717, 1.165) is 19.4 Å². The summed E-state index contributed by atoms with van der Waals surface area (Å²) in [6.45, 7) is 3.87. The minimum Gasteiger partial charge on any atom is -0.480 e. The highest BCUT2D eigenvalue weighted by molar-refractivity contribution is 6.35. The standard InChI is InChI=1S/C18H28N4O5/c1-2-20-5-6-21(18(27)17(20)26)10-15(23)19-13-7-14(8-13)22(11-16(24)25)9-12-3-4-12/h12-14H,2-11H2,1H3,(H,19,23)(H,24,25). The number of aliphatic carboxylic acids is 1. The summed E-state index contributed by atoms with van der Waals surface area (Å²) in [5, 5.41) is 12.0. The lowest BCUT2D eigenvalue weighted by atomic mass is 9.85. The van der Waals surface area contributed by atoms with Crippen LogP contribution in [0.15, 0.2) is 0 Å². The Hall–Kier alpha value is -2.16. The first-order chi connectivity index (χ1) is 12.9. The van der Waals surface area contributed by atoms with E-state index >= 15 is 0 Å². The van der Waals surface area contributed by atoms with E-state index in [1.165, 1.54) is 22.6 Å². The average molecular weight is 380 g/mol. The minimum absolute atomic E-state index is 0.000678. The maximum atomic E-state index is 12.2. The third-order valence-corrected chi connectivity index (χ3v) is 5.64. The normalized spacial score (nSPS) is 25.6. The molecule has 0 aromatic heterocycles. The zero-order chi connectivity index (χ0) is 19.6. The van der Waals surface area contributed by atoms with Crippen LogP contribution in [0.4, 0.5) is 0 Å². The van der Waals surface area contributed by atoms with Gasteiger partial charge in [0.15, 0.2) is 0 Å². The summed E-state index contributed by atoms with van der Waals surface area (Å²) in [7, 11) is 0. The number of nitrogens with zero attached hydrogens (tertiary/aromatic N) is 3. The summed E-state index contributed by atoms with van der Waals surface area (Å²) in [6, 6.07) is 0.184. The van der Waals surface area contributed by atoms with Crippen molar-refractivity contribution in [1.29, 1.82) is 0 Å². The molecule has 3 amide bonds. The van der Waals surface area contributed by atoms with Crippen LogP contribution in [0.2, 0.25) is 0 Å². The summed E-state index contributed by atoms with van der Waals surface area (Å²) in [6.07, 6.45) is 3.78. The van der Waals surface area contributed by atoms with Crippen molar-refractivity contribution in [2.75, 3.05) is 39.3 Å². The minimum atomic E-state index is -0.822. The van der Waals surface area contributed by atoms with E-state index in [0.29, 0.717) is 25.6 Å². The third kappa shape index (κ3) is 4.97. The number of hydrogen-bond acceptors (Lipinski definition) is 5. The monoisotopic (exact) mass is 380 g/mol. The van der Waals surface area contributed by atoms with E-state index in [4.69, 9.17) is 5.11 Å². The number of carboxylic acid groups (broad SMARTS) is 1. The molecule has 1 aliphatic heterocycles. The second kappa shape index (κ2) is 8.24. The fourth-order valence-electron chi connectivity index (χ4n) is 3.77. The van der Waals surface area contributed by atoms with Crippen molar-refractivity contribution in [3.05, 3.63) is 0 Å². The fourth-order valence-corrected chi connectivity index (χ4v) is 3.77. The zero-order valence-electron chi connectivity index (χ0n) is 15.7. The highest BCUT2D eigenvalue weighted by Crippen LogP contribution is 2.33. The number of nitrogens with one attached hydrogen (secondary N) is 1. The van der Waals surface area contributed by atoms with Gasteiger partial charge in [-0.15, -0.1) is 0 Å². The van der Waals surface area contributed by atoms with Crippen molar-refractivity contribution in [2.24, 2.45) is 5.92 Å². The number of carbonyl (C=O) groups is 4. The lowest BCUT2D eigenvalue weighted by molar-refractivity contribution is -0.156. The van der Waals surface area contributed by atoms with Gasteiger partial charge in [-0.2, -0.15) is 0 Å². The van der Waals surface area contributed by atoms with Crippen LogP contribution in [0.25, 0.3) is 0 Å². The molecule has 0 radical (unpaired) electrons. The molecule has 0 bridgehead atoms. The second-order valence-corrected chi connectivity index (χ2v) is 7.77. The van der Waals surface area contributed by atoms with Crippen molar-refractivity contribution in [1.82, 2.24) is 20.0 Å². The van der Waals surface area contributed by atoms with Crippen molar-refractivity contribution in [2.45, 2.75) is 44.7 Å². The molecule has 27 heavy (non-hydrogen) atoms. The molecular weight excluding hydrogens is 352 g/mol. The quantitative estimate of drug-likeness (QED) is 0.503. The van der Waals surface area contributed by atoms with Crippen molar-refractivity contribution in [3.63, 3.8) is 0 Å². The van der Waals surface area contributed by atoms with Gasteiger partial charge in [0.1, 0.15) is 6.54 Å². The molecule has 9 heteroatoms. The highest BCUT2D eigenvalue weighted by Gasteiger charge is 2.38. The predicted molar refractivity (Wildman–Crippen MR) is 95.7 cm³/mol. The molecule has 2 aliphatic carbocycles. The van der Waals surface area contributed by atoms with Crippen LogP contribution in [-0.4, -0.2) is 94.8 Å². The van der Waals surface area contributed by atoms with Gasteiger partial charge in [0.2, 0.25) is 5.91 Å². The summed E-state index contributed by atoms with van der Waals surface area (Å²) in [5.74, 6) is -1.65. The van der Waals surface area contributed by atoms with Gasteiger partial charge in [-0.25, -0.2) is 0 Å². The predicted octanol–water partition coefficient (Wildman–Crippen LogP) is -0.879. The van der Waals surface area contributed by atoms with Gasteiger partial charge in [-0.1, -0.05) is 0 Å². The number of rotatable bonds is 9. The maximum Gasteiger partial charge on any atom is 0.317 e. The maximum absolute atomic E-state index is 12.2. The lowest BCUT2D eigenvalue weighted by Crippen LogP contribution is -2.59. The van der Waals surface area contributed by atoms with Crippen molar-refractivity contribution >= 4 is 23.7 Å².